The van der Waals surface area contributed by atoms with E-state index in [-0.39, 0.29) is 6.61 Å². The molecule has 0 radical (unpaired) electrons. The summed E-state index contributed by atoms with van der Waals surface area (Å²) < 4.78 is 19.1. The van der Waals surface area contributed by atoms with Crippen LogP contribution in [0.4, 0.5) is 4.39 Å². The Morgan fingerprint density at radius 1 is 0.950 bits per heavy atom. The van der Waals surface area contributed by atoms with Gasteiger partial charge in [-0.25, -0.2) is 4.39 Å². The zero-order chi connectivity index (χ0) is 13.9. The van der Waals surface area contributed by atoms with Gasteiger partial charge < -0.3 is 9.84 Å². The predicted molar refractivity (Wildman–Crippen MR) is 75.5 cm³/mol. The average Bonchev–Trinajstić information content (AvgIpc) is 2.46. The first-order chi connectivity index (χ1) is 9.74. The Hall–Kier alpha value is -1.87. The number of fused-ring (bicyclic) bond motifs is 1. The second-order valence-electron chi connectivity index (χ2n) is 5.19. The Morgan fingerprint density at radius 2 is 1.75 bits per heavy atom. The van der Waals surface area contributed by atoms with Crippen LogP contribution in [0.1, 0.15) is 29.5 Å². The van der Waals surface area contributed by atoms with Crippen LogP contribution >= 0.6 is 0 Å². The number of halogens is 1. The fourth-order valence-corrected chi connectivity index (χ4v) is 2.68. The molecule has 0 amide bonds. The van der Waals surface area contributed by atoms with Crippen molar-refractivity contribution in [1.82, 2.24) is 0 Å². The third kappa shape index (κ3) is 2.83. The van der Waals surface area contributed by atoms with Gasteiger partial charge in [-0.05, 0) is 66.6 Å². The van der Waals surface area contributed by atoms with Crippen LogP contribution in [-0.4, -0.2) is 5.11 Å². The standard InChI is InChI=1S/C17H17FO2/c18-15-7-12(11-19)8-17(10-15)20-16-6-5-13-3-1-2-4-14(13)9-16/h5-10,19H,1-4,11H2. The molecule has 1 aliphatic carbocycles. The number of aliphatic hydroxyl groups is 1. The highest BCUT2D eigenvalue weighted by Gasteiger charge is 2.10. The van der Waals surface area contributed by atoms with Crippen LogP contribution in [0, 0.1) is 5.82 Å². The van der Waals surface area contributed by atoms with Gasteiger partial charge in [-0.15, -0.1) is 0 Å². The van der Waals surface area contributed by atoms with Gasteiger partial charge in [0.1, 0.15) is 17.3 Å². The van der Waals surface area contributed by atoms with Gasteiger partial charge in [0.15, 0.2) is 0 Å². The first kappa shape index (κ1) is 13.1. The number of aryl methyl sites for hydroxylation is 2. The quantitative estimate of drug-likeness (QED) is 0.915. The molecule has 0 saturated carbocycles. The summed E-state index contributed by atoms with van der Waals surface area (Å²) in [6.45, 7) is -0.196. The molecule has 1 aliphatic rings. The molecule has 3 rings (SSSR count). The fourth-order valence-electron chi connectivity index (χ4n) is 2.68. The topological polar surface area (TPSA) is 29.5 Å². The molecule has 0 heterocycles. The third-order valence-corrected chi connectivity index (χ3v) is 3.67. The van der Waals surface area contributed by atoms with Crippen molar-refractivity contribution in [3.05, 3.63) is 58.9 Å². The number of aliphatic hydroxyl groups excluding tert-OH is 1. The number of rotatable bonds is 3. The Morgan fingerprint density at radius 3 is 2.55 bits per heavy atom. The van der Waals surface area contributed by atoms with Gasteiger partial charge in [-0.3, -0.25) is 0 Å². The van der Waals surface area contributed by atoms with E-state index in [1.165, 1.54) is 36.1 Å². The van der Waals surface area contributed by atoms with E-state index >= 15 is 0 Å². The van der Waals surface area contributed by atoms with Gasteiger partial charge in [0, 0.05) is 6.07 Å². The van der Waals surface area contributed by atoms with Crippen LogP contribution in [0.25, 0.3) is 0 Å². The minimum atomic E-state index is -0.399. The van der Waals surface area contributed by atoms with Crippen molar-refractivity contribution in [2.75, 3.05) is 0 Å². The van der Waals surface area contributed by atoms with E-state index in [1.807, 2.05) is 12.1 Å². The number of ether oxygens (including phenoxy) is 1. The Labute approximate surface area is 117 Å². The highest BCUT2D eigenvalue weighted by atomic mass is 19.1. The summed E-state index contributed by atoms with van der Waals surface area (Å²) in [5.41, 5.74) is 3.23. The van der Waals surface area contributed by atoms with E-state index < -0.39 is 5.82 Å². The average molecular weight is 272 g/mol. The van der Waals surface area contributed by atoms with Crippen LogP contribution in [0.2, 0.25) is 0 Å². The third-order valence-electron chi connectivity index (χ3n) is 3.67. The zero-order valence-corrected chi connectivity index (χ0v) is 11.2. The zero-order valence-electron chi connectivity index (χ0n) is 11.2. The molecule has 0 fully saturated rings. The number of benzene rings is 2. The maximum atomic E-state index is 13.4. The highest BCUT2D eigenvalue weighted by molar-refractivity contribution is 5.40. The van der Waals surface area contributed by atoms with Crippen molar-refractivity contribution in [3.8, 4) is 11.5 Å². The van der Waals surface area contributed by atoms with Gasteiger partial charge in [0.2, 0.25) is 0 Å². The van der Waals surface area contributed by atoms with Crippen molar-refractivity contribution in [2.45, 2.75) is 32.3 Å². The maximum absolute atomic E-state index is 13.4. The molecule has 2 aromatic carbocycles. The van der Waals surface area contributed by atoms with E-state index in [2.05, 4.69) is 6.07 Å². The first-order valence-corrected chi connectivity index (χ1v) is 6.94. The molecule has 20 heavy (non-hydrogen) atoms. The van der Waals surface area contributed by atoms with E-state index in [1.54, 1.807) is 6.07 Å². The summed E-state index contributed by atoms with van der Waals surface area (Å²) in [7, 11) is 0. The number of hydrogen-bond acceptors (Lipinski definition) is 2. The minimum Gasteiger partial charge on any atom is -0.457 e. The van der Waals surface area contributed by atoms with Crippen molar-refractivity contribution in [1.29, 1.82) is 0 Å². The SMILES string of the molecule is OCc1cc(F)cc(Oc2ccc3c(c2)CCCC3)c1. The molecule has 2 nitrogen and oxygen atoms in total. The molecular weight excluding hydrogens is 255 g/mol. The van der Waals surface area contributed by atoms with Gasteiger partial charge in [0.05, 0.1) is 6.61 Å². The van der Waals surface area contributed by atoms with Crippen LogP contribution < -0.4 is 4.74 Å². The molecule has 0 atom stereocenters. The fraction of sp³-hybridized carbons (Fsp3) is 0.294. The molecule has 0 spiro atoms. The first-order valence-electron chi connectivity index (χ1n) is 6.94. The Balaban J connectivity index is 1.85. The van der Waals surface area contributed by atoms with E-state index in [0.29, 0.717) is 11.3 Å². The minimum absolute atomic E-state index is 0.196. The van der Waals surface area contributed by atoms with Gasteiger partial charge in [-0.1, -0.05) is 6.07 Å². The van der Waals surface area contributed by atoms with Gasteiger partial charge in [-0.2, -0.15) is 0 Å². The highest BCUT2D eigenvalue weighted by Crippen LogP contribution is 2.29. The lowest BCUT2D eigenvalue weighted by molar-refractivity contribution is 0.280. The Bertz CT molecular complexity index is 622. The van der Waals surface area contributed by atoms with E-state index in [4.69, 9.17) is 9.84 Å². The summed E-state index contributed by atoms with van der Waals surface area (Å²) in [5, 5.41) is 9.09. The van der Waals surface area contributed by atoms with Crippen LogP contribution in [0.15, 0.2) is 36.4 Å². The van der Waals surface area contributed by atoms with Crippen molar-refractivity contribution < 1.29 is 14.2 Å². The van der Waals surface area contributed by atoms with E-state index in [0.717, 1.165) is 18.6 Å². The summed E-state index contributed by atoms with van der Waals surface area (Å²) in [4.78, 5) is 0. The largest absolute Gasteiger partial charge is 0.457 e. The van der Waals surface area contributed by atoms with Gasteiger partial charge in [0.25, 0.3) is 0 Å². The molecule has 0 aliphatic heterocycles. The monoisotopic (exact) mass is 272 g/mol. The lowest BCUT2D eigenvalue weighted by Crippen LogP contribution is -2.02. The molecule has 104 valence electrons. The summed E-state index contributed by atoms with van der Waals surface area (Å²) in [6.07, 6.45) is 4.67. The number of hydrogen-bond donors (Lipinski definition) is 1. The van der Waals surface area contributed by atoms with Crippen molar-refractivity contribution in [2.24, 2.45) is 0 Å². The molecule has 0 aromatic heterocycles. The molecule has 0 unspecified atom stereocenters. The predicted octanol–water partition coefficient (Wildman–Crippen LogP) is 3.99. The maximum Gasteiger partial charge on any atom is 0.130 e. The molecule has 3 heteroatoms. The second-order valence-corrected chi connectivity index (χ2v) is 5.19. The smallest absolute Gasteiger partial charge is 0.130 e. The summed E-state index contributed by atoms with van der Waals surface area (Å²) in [6, 6.07) is 10.3. The summed E-state index contributed by atoms with van der Waals surface area (Å²) >= 11 is 0. The molecule has 0 bridgehead atoms. The molecule has 0 saturated heterocycles. The molecular formula is C17H17FO2. The van der Waals surface area contributed by atoms with Crippen LogP contribution in [-0.2, 0) is 19.4 Å². The van der Waals surface area contributed by atoms with E-state index in [9.17, 15) is 4.39 Å². The molecule has 2 aromatic rings. The lowest BCUT2D eigenvalue weighted by Gasteiger charge is -2.16. The van der Waals surface area contributed by atoms with Gasteiger partial charge >= 0.3 is 0 Å². The van der Waals surface area contributed by atoms with Crippen molar-refractivity contribution in [3.63, 3.8) is 0 Å². The lowest BCUT2D eigenvalue weighted by atomic mass is 9.92. The van der Waals surface area contributed by atoms with Crippen LogP contribution in [0.3, 0.4) is 0 Å². The summed E-state index contributed by atoms with van der Waals surface area (Å²) in [5.74, 6) is 0.745. The molecule has 1 N–H and O–H groups in total. The second kappa shape index (κ2) is 5.63. The Kier molecular flexibility index (Phi) is 3.70. The van der Waals surface area contributed by atoms with Crippen LogP contribution in [0.5, 0.6) is 11.5 Å². The van der Waals surface area contributed by atoms with Crippen molar-refractivity contribution >= 4 is 0 Å². The normalized spacial score (nSPS) is 13.9.